The molecule has 132 valence electrons. The van der Waals surface area contributed by atoms with Crippen molar-refractivity contribution < 1.29 is 28.5 Å². The van der Waals surface area contributed by atoms with E-state index in [0.29, 0.717) is 11.4 Å². The van der Waals surface area contributed by atoms with Crippen LogP contribution < -0.4 is 9.64 Å². The number of carbonyl (C=O) groups excluding carboxylic acids is 2. The van der Waals surface area contributed by atoms with Gasteiger partial charge in [0.05, 0.1) is 44.7 Å². The largest absolute Gasteiger partial charge is 0.497 e. The maximum absolute atomic E-state index is 12.4. The molecule has 1 N–H and O–H groups in total. The van der Waals surface area contributed by atoms with Gasteiger partial charge in [0.1, 0.15) is 18.2 Å². The predicted molar refractivity (Wildman–Crippen MR) is 89.2 cm³/mol. The Kier molecular flexibility index (Phi) is 4.62. The van der Waals surface area contributed by atoms with Gasteiger partial charge in [0.15, 0.2) is 0 Å². The number of H-pyrrole nitrogens is 1. The summed E-state index contributed by atoms with van der Waals surface area (Å²) < 4.78 is 20.5. The number of ether oxygens (including phenoxy) is 4. The third-order valence-corrected chi connectivity index (χ3v) is 3.98. The molecule has 0 unspecified atom stereocenters. The molecule has 0 atom stereocenters. The van der Waals surface area contributed by atoms with Crippen LogP contribution in [0.3, 0.4) is 0 Å². The summed E-state index contributed by atoms with van der Waals surface area (Å²) in [5.74, 6) is -0.687. The molecule has 1 aromatic carbocycles. The molecule has 0 fully saturated rings. The summed E-state index contributed by atoms with van der Waals surface area (Å²) in [6.45, 7) is 0.0478. The zero-order valence-electron chi connectivity index (χ0n) is 14.1. The average Bonchev–Trinajstić information content (AvgIpc) is 3.13. The smallest absolute Gasteiger partial charge is 0.355 e. The minimum Gasteiger partial charge on any atom is -0.497 e. The normalized spacial score (nSPS) is 14.6. The van der Waals surface area contributed by atoms with Gasteiger partial charge in [-0.25, -0.2) is 9.59 Å². The molecule has 0 radical (unpaired) electrons. The second-order valence-electron chi connectivity index (χ2n) is 5.30. The average molecular weight is 346 g/mol. The Balaban J connectivity index is 2.22. The number of aromatic nitrogens is 1. The van der Waals surface area contributed by atoms with Crippen LogP contribution in [0.4, 0.5) is 5.69 Å². The van der Waals surface area contributed by atoms with Crippen LogP contribution in [0.15, 0.2) is 35.7 Å². The van der Waals surface area contributed by atoms with Crippen molar-refractivity contribution in [2.24, 2.45) is 0 Å². The Bertz CT molecular complexity index is 854. The maximum Gasteiger partial charge on any atom is 0.355 e. The lowest BCUT2D eigenvalue weighted by atomic mass is 10.1. The van der Waals surface area contributed by atoms with Crippen molar-refractivity contribution in [1.29, 1.82) is 0 Å². The van der Waals surface area contributed by atoms with Crippen molar-refractivity contribution in [2.45, 2.75) is 0 Å². The van der Waals surface area contributed by atoms with E-state index in [2.05, 4.69) is 4.98 Å². The molecule has 0 aliphatic carbocycles. The lowest BCUT2D eigenvalue weighted by Gasteiger charge is -2.31. The van der Waals surface area contributed by atoms with Gasteiger partial charge in [0, 0.05) is 23.7 Å². The quantitative estimate of drug-likeness (QED) is 0.841. The molecule has 3 rings (SSSR count). The van der Waals surface area contributed by atoms with Gasteiger partial charge in [-0.1, -0.05) is 0 Å². The van der Waals surface area contributed by atoms with E-state index < -0.39 is 11.9 Å². The Morgan fingerprint density at radius 1 is 1.16 bits per heavy atom. The highest BCUT2D eigenvalue weighted by Gasteiger charge is 2.33. The van der Waals surface area contributed by atoms with E-state index in [0.717, 1.165) is 10.9 Å². The molecule has 8 nitrogen and oxygen atoms in total. The molecule has 1 aromatic heterocycles. The van der Waals surface area contributed by atoms with Gasteiger partial charge in [-0.2, -0.15) is 0 Å². The van der Waals surface area contributed by atoms with Crippen LogP contribution in [0, 0.1) is 0 Å². The number of rotatable bonds is 4. The van der Waals surface area contributed by atoms with Crippen molar-refractivity contribution in [3.63, 3.8) is 0 Å². The topological polar surface area (TPSA) is 90.1 Å². The summed E-state index contributed by atoms with van der Waals surface area (Å²) in [7, 11) is 4.06. The number of fused-ring (bicyclic) bond motifs is 1. The molecule has 2 aromatic rings. The zero-order chi connectivity index (χ0) is 18.0. The Hall–Kier alpha value is -3.00. The van der Waals surface area contributed by atoms with Gasteiger partial charge in [0.2, 0.25) is 0 Å². The fourth-order valence-electron chi connectivity index (χ4n) is 2.80. The summed E-state index contributed by atoms with van der Waals surface area (Å²) in [6, 6.07) is 5.47. The molecule has 8 heteroatoms. The van der Waals surface area contributed by atoms with E-state index in [9.17, 15) is 9.59 Å². The van der Waals surface area contributed by atoms with Crippen LogP contribution in [0.1, 0.15) is 0 Å². The molecule has 2 heterocycles. The number of carbonyl (C=O) groups is 2. The number of anilines is 1. The highest BCUT2D eigenvalue weighted by molar-refractivity contribution is 6.06. The minimum atomic E-state index is -0.643. The number of esters is 2. The lowest BCUT2D eigenvalue weighted by Crippen LogP contribution is -2.38. The number of aromatic amines is 1. The fraction of sp³-hybridized carbons (Fsp3) is 0.294. The van der Waals surface area contributed by atoms with Crippen LogP contribution >= 0.6 is 0 Å². The Morgan fingerprint density at radius 2 is 1.92 bits per heavy atom. The summed E-state index contributed by atoms with van der Waals surface area (Å²) in [4.78, 5) is 29.2. The van der Waals surface area contributed by atoms with Crippen molar-refractivity contribution in [2.75, 3.05) is 39.6 Å². The maximum atomic E-state index is 12.4. The molecule has 1 aliphatic heterocycles. The molecule has 0 amide bonds. The molecule has 0 saturated heterocycles. The van der Waals surface area contributed by atoms with Crippen LogP contribution in [-0.4, -0.2) is 51.6 Å². The van der Waals surface area contributed by atoms with E-state index in [1.54, 1.807) is 24.3 Å². The molecular weight excluding hydrogens is 328 g/mol. The van der Waals surface area contributed by atoms with Crippen LogP contribution in [-0.2, 0) is 23.8 Å². The number of benzene rings is 1. The van der Waals surface area contributed by atoms with E-state index in [1.807, 2.05) is 12.1 Å². The van der Waals surface area contributed by atoms with Gasteiger partial charge in [0.25, 0.3) is 0 Å². The number of hydrogen-bond acceptors (Lipinski definition) is 7. The second kappa shape index (κ2) is 6.86. The first kappa shape index (κ1) is 16.8. The highest BCUT2D eigenvalue weighted by Crippen LogP contribution is 2.35. The monoisotopic (exact) mass is 346 g/mol. The molecule has 0 spiro atoms. The molecular formula is C17H18N2O6. The van der Waals surface area contributed by atoms with Crippen molar-refractivity contribution in [1.82, 2.24) is 4.98 Å². The van der Waals surface area contributed by atoms with E-state index in [1.165, 1.54) is 14.2 Å². The van der Waals surface area contributed by atoms with Crippen LogP contribution in [0.25, 0.3) is 10.9 Å². The standard InChI is InChI=1S/C17H18N2O6/c1-22-10-6-13-11(4-5-18-13)14(7-10)19-9-25-8-12(16(20)23-2)15(19)17(21)24-3/h4-7,18H,8-9H2,1-3H3. The zero-order valence-corrected chi connectivity index (χ0v) is 14.1. The number of hydrogen-bond donors (Lipinski definition) is 1. The van der Waals surface area contributed by atoms with Crippen LogP contribution in [0.2, 0.25) is 0 Å². The van der Waals surface area contributed by atoms with Crippen LogP contribution in [0.5, 0.6) is 5.75 Å². The Labute approximate surface area is 143 Å². The number of nitrogens with one attached hydrogen (secondary N) is 1. The first-order valence-electron chi connectivity index (χ1n) is 7.51. The summed E-state index contributed by atoms with van der Waals surface area (Å²) in [6.07, 6.45) is 1.78. The summed E-state index contributed by atoms with van der Waals surface area (Å²) >= 11 is 0. The van der Waals surface area contributed by atoms with E-state index in [4.69, 9.17) is 18.9 Å². The SMILES string of the molecule is COC(=O)C1=C(C(=O)OC)N(c2cc(OC)cc3[nH]ccc23)COC1. The Morgan fingerprint density at radius 3 is 2.60 bits per heavy atom. The van der Waals surface area contributed by atoms with Crippen molar-refractivity contribution >= 4 is 28.5 Å². The number of nitrogens with zero attached hydrogens (tertiary/aromatic N) is 1. The molecule has 1 aliphatic rings. The minimum absolute atomic E-state index is 0.0339. The predicted octanol–water partition coefficient (Wildman–Crippen LogP) is 1.57. The molecule has 25 heavy (non-hydrogen) atoms. The number of methoxy groups -OCH3 is 3. The fourth-order valence-corrected chi connectivity index (χ4v) is 2.80. The third-order valence-electron chi connectivity index (χ3n) is 3.98. The lowest BCUT2D eigenvalue weighted by molar-refractivity contribution is -0.140. The third kappa shape index (κ3) is 2.91. The first-order chi connectivity index (χ1) is 12.1. The highest BCUT2D eigenvalue weighted by atomic mass is 16.5. The van der Waals surface area contributed by atoms with Gasteiger partial charge >= 0.3 is 11.9 Å². The van der Waals surface area contributed by atoms with Crippen molar-refractivity contribution in [3.8, 4) is 5.75 Å². The van der Waals surface area contributed by atoms with Gasteiger partial charge < -0.3 is 28.8 Å². The summed E-state index contributed by atoms with van der Waals surface area (Å²) in [5, 5.41) is 0.844. The van der Waals surface area contributed by atoms with Gasteiger partial charge in [-0.15, -0.1) is 0 Å². The van der Waals surface area contributed by atoms with E-state index in [-0.39, 0.29) is 24.6 Å². The summed E-state index contributed by atoms with van der Waals surface area (Å²) in [5.41, 5.74) is 1.67. The van der Waals surface area contributed by atoms with Crippen molar-refractivity contribution in [3.05, 3.63) is 35.7 Å². The molecule has 0 bridgehead atoms. The second-order valence-corrected chi connectivity index (χ2v) is 5.30. The van der Waals surface area contributed by atoms with Gasteiger partial charge in [-0.3, -0.25) is 0 Å². The van der Waals surface area contributed by atoms with Gasteiger partial charge in [-0.05, 0) is 6.07 Å². The first-order valence-corrected chi connectivity index (χ1v) is 7.51. The van der Waals surface area contributed by atoms with E-state index >= 15 is 0 Å². The molecule has 0 saturated carbocycles.